The first-order chi connectivity index (χ1) is 9.56. The Labute approximate surface area is 121 Å². The molecular formula is C16H25N3O. The fourth-order valence-corrected chi connectivity index (χ4v) is 2.74. The molecular weight excluding hydrogens is 250 g/mol. The van der Waals surface area contributed by atoms with E-state index in [9.17, 15) is 4.79 Å². The van der Waals surface area contributed by atoms with Crippen LogP contribution < -0.4 is 10.6 Å². The number of piperidine rings is 1. The molecule has 1 heterocycles. The van der Waals surface area contributed by atoms with Gasteiger partial charge in [-0.3, -0.25) is 4.79 Å². The second-order valence-corrected chi connectivity index (χ2v) is 5.72. The van der Waals surface area contributed by atoms with Gasteiger partial charge < -0.3 is 15.5 Å². The molecule has 0 saturated carbocycles. The smallest absolute Gasteiger partial charge is 0.221 e. The fourth-order valence-electron chi connectivity index (χ4n) is 2.74. The van der Waals surface area contributed by atoms with Crippen LogP contribution in [0, 0.1) is 6.92 Å². The number of benzene rings is 1. The number of rotatable bonds is 4. The number of likely N-dealkylation sites (tertiary alicyclic amines) is 1. The molecule has 0 aliphatic carbocycles. The molecule has 1 atom stereocenters. The molecule has 0 bridgehead atoms. The molecule has 4 heteroatoms. The molecule has 1 aromatic carbocycles. The Morgan fingerprint density at radius 3 is 2.85 bits per heavy atom. The van der Waals surface area contributed by atoms with Crippen LogP contribution in [0.5, 0.6) is 0 Å². The third kappa shape index (κ3) is 3.97. The molecule has 1 fully saturated rings. The summed E-state index contributed by atoms with van der Waals surface area (Å²) < 4.78 is 0. The van der Waals surface area contributed by atoms with Gasteiger partial charge in [0.1, 0.15) is 0 Å². The maximum absolute atomic E-state index is 11.1. The van der Waals surface area contributed by atoms with Crippen LogP contribution >= 0.6 is 0 Å². The number of carbonyl (C=O) groups is 1. The molecule has 2 rings (SSSR count). The van der Waals surface area contributed by atoms with E-state index < -0.39 is 0 Å². The fraction of sp³-hybridized carbons (Fsp3) is 0.562. The minimum atomic E-state index is -0.0300. The van der Waals surface area contributed by atoms with Gasteiger partial charge in [-0.05, 0) is 57.1 Å². The average molecular weight is 275 g/mol. The van der Waals surface area contributed by atoms with E-state index in [1.54, 1.807) is 0 Å². The summed E-state index contributed by atoms with van der Waals surface area (Å²) in [6, 6.07) is 6.71. The van der Waals surface area contributed by atoms with Crippen molar-refractivity contribution in [1.29, 1.82) is 0 Å². The Morgan fingerprint density at radius 2 is 2.20 bits per heavy atom. The van der Waals surface area contributed by atoms with Crippen molar-refractivity contribution >= 4 is 17.3 Å². The molecule has 0 radical (unpaired) electrons. The molecule has 1 aromatic rings. The lowest BCUT2D eigenvalue weighted by Crippen LogP contribution is -2.40. The van der Waals surface area contributed by atoms with Gasteiger partial charge in [-0.2, -0.15) is 0 Å². The second-order valence-electron chi connectivity index (χ2n) is 5.72. The first-order valence-electron chi connectivity index (χ1n) is 7.38. The summed E-state index contributed by atoms with van der Waals surface area (Å²) in [5.74, 6) is -0.0300. The Morgan fingerprint density at radius 1 is 1.40 bits per heavy atom. The number of nitrogens with zero attached hydrogens (tertiary/aromatic N) is 1. The SMILES string of the molecule is CC(=O)Nc1ccc(NCC2CCCCN2C)cc1C. The first kappa shape index (κ1) is 14.9. The number of carbonyl (C=O) groups excluding carboxylic acids is 1. The molecule has 1 aliphatic rings. The number of likely N-dealkylation sites (N-methyl/N-ethyl adjacent to an activating group) is 1. The summed E-state index contributed by atoms with van der Waals surface area (Å²) in [5.41, 5.74) is 3.09. The Kier molecular flexibility index (Phi) is 5.01. The van der Waals surface area contributed by atoms with Gasteiger partial charge >= 0.3 is 0 Å². The van der Waals surface area contributed by atoms with Crippen LogP contribution in [-0.2, 0) is 4.79 Å². The van der Waals surface area contributed by atoms with Gasteiger partial charge in [0.05, 0.1) is 0 Å². The molecule has 4 nitrogen and oxygen atoms in total. The quantitative estimate of drug-likeness (QED) is 0.888. The van der Waals surface area contributed by atoms with Crippen molar-refractivity contribution in [3.63, 3.8) is 0 Å². The van der Waals surface area contributed by atoms with Crippen LogP contribution in [0.3, 0.4) is 0 Å². The van der Waals surface area contributed by atoms with Crippen molar-refractivity contribution in [2.24, 2.45) is 0 Å². The van der Waals surface area contributed by atoms with Crippen LogP contribution in [0.25, 0.3) is 0 Å². The summed E-state index contributed by atoms with van der Waals surface area (Å²) in [6.45, 7) is 5.73. The van der Waals surface area contributed by atoms with Gasteiger partial charge in [0.25, 0.3) is 0 Å². The maximum atomic E-state index is 11.1. The Balaban J connectivity index is 1.93. The molecule has 1 aliphatic heterocycles. The van der Waals surface area contributed by atoms with E-state index in [1.165, 1.54) is 32.7 Å². The number of hydrogen-bond acceptors (Lipinski definition) is 3. The largest absolute Gasteiger partial charge is 0.383 e. The predicted octanol–water partition coefficient (Wildman–Crippen LogP) is 2.85. The lowest BCUT2D eigenvalue weighted by atomic mass is 10.0. The van der Waals surface area contributed by atoms with Crippen LogP contribution in [0.4, 0.5) is 11.4 Å². The number of anilines is 2. The molecule has 110 valence electrons. The van der Waals surface area contributed by atoms with Crippen molar-refractivity contribution in [3.05, 3.63) is 23.8 Å². The second kappa shape index (κ2) is 6.75. The van der Waals surface area contributed by atoms with Gasteiger partial charge in [0.15, 0.2) is 0 Å². The van der Waals surface area contributed by atoms with E-state index in [4.69, 9.17) is 0 Å². The van der Waals surface area contributed by atoms with Crippen molar-refractivity contribution in [2.75, 3.05) is 30.8 Å². The average Bonchev–Trinajstić information content (AvgIpc) is 2.40. The summed E-state index contributed by atoms with van der Waals surface area (Å²) in [6.07, 6.45) is 3.92. The summed E-state index contributed by atoms with van der Waals surface area (Å²) >= 11 is 0. The first-order valence-corrected chi connectivity index (χ1v) is 7.38. The van der Waals surface area contributed by atoms with Gasteiger partial charge in [0, 0.05) is 30.9 Å². The summed E-state index contributed by atoms with van der Waals surface area (Å²) in [7, 11) is 2.20. The van der Waals surface area contributed by atoms with Crippen LogP contribution in [0.2, 0.25) is 0 Å². The van der Waals surface area contributed by atoms with Crippen molar-refractivity contribution in [1.82, 2.24) is 4.90 Å². The molecule has 0 spiro atoms. The standard InChI is InChI=1S/C16H25N3O/c1-12-10-14(7-8-16(12)18-13(2)20)17-11-15-6-4-5-9-19(15)3/h7-8,10,15,17H,4-6,9,11H2,1-3H3,(H,18,20). The number of hydrogen-bond donors (Lipinski definition) is 2. The number of amides is 1. The highest BCUT2D eigenvalue weighted by atomic mass is 16.1. The molecule has 2 N–H and O–H groups in total. The van der Waals surface area contributed by atoms with Gasteiger partial charge in [-0.1, -0.05) is 6.42 Å². The van der Waals surface area contributed by atoms with Crippen LogP contribution in [0.1, 0.15) is 31.7 Å². The van der Waals surface area contributed by atoms with E-state index in [2.05, 4.69) is 28.6 Å². The van der Waals surface area contributed by atoms with E-state index in [1.807, 2.05) is 19.1 Å². The zero-order valence-corrected chi connectivity index (χ0v) is 12.7. The zero-order chi connectivity index (χ0) is 14.5. The van der Waals surface area contributed by atoms with Crippen molar-refractivity contribution in [2.45, 2.75) is 39.2 Å². The lowest BCUT2D eigenvalue weighted by molar-refractivity contribution is -0.114. The van der Waals surface area contributed by atoms with Gasteiger partial charge in [-0.25, -0.2) is 0 Å². The van der Waals surface area contributed by atoms with Crippen molar-refractivity contribution < 1.29 is 4.79 Å². The third-order valence-electron chi connectivity index (χ3n) is 4.00. The monoisotopic (exact) mass is 275 g/mol. The molecule has 1 amide bonds. The van der Waals surface area contributed by atoms with Crippen LogP contribution in [0.15, 0.2) is 18.2 Å². The highest BCUT2D eigenvalue weighted by Crippen LogP contribution is 2.21. The zero-order valence-electron chi connectivity index (χ0n) is 12.7. The molecule has 0 aromatic heterocycles. The Bertz CT molecular complexity index is 473. The molecule has 20 heavy (non-hydrogen) atoms. The third-order valence-corrected chi connectivity index (χ3v) is 4.00. The van der Waals surface area contributed by atoms with Gasteiger partial charge in [-0.15, -0.1) is 0 Å². The highest BCUT2D eigenvalue weighted by Gasteiger charge is 2.18. The Hall–Kier alpha value is -1.55. The minimum Gasteiger partial charge on any atom is -0.383 e. The summed E-state index contributed by atoms with van der Waals surface area (Å²) in [4.78, 5) is 13.5. The number of nitrogens with one attached hydrogen (secondary N) is 2. The van der Waals surface area contributed by atoms with E-state index in [0.29, 0.717) is 6.04 Å². The topological polar surface area (TPSA) is 44.4 Å². The predicted molar refractivity (Wildman–Crippen MR) is 84.2 cm³/mol. The maximum Gasteiger partial charge on any atom is 0.221 e. The molecule has 1 unspecified atom stereocenters. The molecule has 1 saturated heterocycles. The minimum absolute atomic E-state index is 0.0300. The summed E-state index contributed by atoms with van der Waals surface area (Å²) in [5, 5.41) is 6.35. The van der Waals surface area contributed by atoms with E-state index in [0.717, 1.165) is 23.5 Å². The lowest BCUT2D eigenvalue weighted by Gasteiger charge is -2.32. The van der Waals surface area contributed by atoms with E-state index >= 15 is 0 Å². The van der Waals surface area contributed by atoms with E-state index in [-0.39, 0.29) is 5.91 Å². The van der Waals surface area contributed by atoms with Crippen LogP contribution in [-0.4, -0.2) is 37.0 Å². The normalized spacial score (nSPS) is 19.6. The highest BCUT2D eigenvalue weighted by molar-refractivity contribution is 5.89. The van der Waals surface area contributed by atoms with Crippen molar-refractivity contribution in [3.8, 4) is 0 Å². The number of aryl methyl sites for hydroxylation is 1. The van der Waals surface area contributed by atoms with Gasteiger partial charge in [0.2, 0.25) is 5.91 Å².